The summed E-state index contributed by atoms with van der Waals surface area (Å²) in [5, 5.41) is 8.56. The lowest BCUT2D eigenvalue weighted by Gasteiger charge is -2.31. The molecule has 2 aromatic rings. The van der Waals surface area contributed by atoms with E-state index in [0.29, 0.717) is 6.04 Å². The fourth-order valence-electron chi connectivity index (χ4n) is 4.19. The summed E-state index contributed by atoms with van der Waals surface area (Å²) in [6.45, 7) is 8.34. The van der Waals surface area contributed by atoms with Crippen LogP contribution in [0.15, 0.2) is 30.3 Å². The van der Waals surface area contributed by atoms with Gasteiger partial charge in [0.15, 0.2) is 0 Å². The van der Waals surface area contributed by atoms with E-state index in [1.165, 1.54) is 48.9 Å². The van der Waals surface area contributed by atoms with E-state index in [-0.39, 0.29) is 0 Å². The molecule has 1 atom stereocenters. The standard InChI is InChI=1S/C21H31N3/c1-4-24-17(3)20(16(2)23-24)15-22-21(18-11-7-5-8-12-18)19-13-9-6-10-14-19/h5,7-8,11-12,19,21-22H,4,6,9-10,13-15H2,1-3H3/t21-/m0/s1. The molecule has 1 N–H and O–H groups in total. The van der Waals surface area contributed by atoms with Crippen LogP contribution < -0.4 is 5.32 Å². The second-order valence-electron chi connectivity index (χ2n) is 7.13. The first-order valence-electron chi connectivity index (χ1n) is 9.52. The molecule has 1 saturated carbocycles. The largest absolute Gasteiger partial charge is 0.305 e. The summed E-state index contributed by atoms with van der Waals surface area (Å²) < 4.78 is 2.12. The molecule has 130 valence electrons. The number of rotatable bonds is 6. The molecule has 0 saturated heterocycles. The van der Waals surface area contributed by atoms with Gasteiger partial charge >= 0.3 is 0 Å². The predicted molar refractivity (Wildman–Crippen MR) is 100.0 cm³/mol. The average Bonchev–Trinajstić information content (AvgIpc) is 2.91. The SMILES string of the molecule is CCn1nc(C)c(CN[C@@H](c2ccccc2)C2CCCCC2)c1C. The van der Waals surface area contributed by atoms with Crippen LogP contribution in [0.25, 0.3) is 0 Å². The average molecular weight is 326 g/mol. The van der Waals surface area contributed by atoms with Crippen molar-refractivity contribution in [2.24, 2.45) is 5.92 Å². The smallest absolute Gasteiger partial charge is 0.0641 e. The van der Waals surface area contributed by atoms with Gasteiger partial charge in [0, 0.05) is 30.4 Å². The number of benzene rings is 1. The van der Waals surface area contributed by atoms with Crippen LogP contribution in [-0.4, -0.2) is 9.78 Å². The molecule has 0 bridgehead atoms. The van der Waals surface area contributed by atoms with E-state index in [9.17, 15) is 0 Å². The lowest BCUT2D eigenvalue weighted by molar-refractivity contribution is 0.270. The van der Waals surface area contributed by atoms with Crippen LogP contribution in [-0.2, 0) is 13.1 Å². The van der Waals surface area contributed by atoms with Crippen LogP contribution in [0, 0.1) is 19.8 Å². The summed E-state index contributed by atoms with van der Waals surface area (Å²) in [4.78, 5) is 0. The van der Waals surface area contributed by atoms with Gasteiger partial charge in [0.1, 0.15) is 0 Å². The van der Waals surface area contributed by atoms with Crippen LogP contribution in [0.1, 0.15) is 67.6 Å². The van der Waals surface area contributed by atoms with Crippen molar-refractivity contribution >= 4 is 0 Å². The topological polar surface area (TPSA) is 29.9 Å². The van der Waals surface area contributed by atoms with Gasteiger partial charge in [-0.3, -0.25) is 4.68 Å². The second kappa shape index (κ2) is 7.98. The molecule has 0 amide bonds. The molecule has 3 rings (SSSR count). The van der Waals surface area contributed by atoms with Crippen molar-refractivity contribution in [3.63, 3.8) is 0 Å². The summed E-state index contributed by atoms with van der Waals surface area (Å²) in [5.74, 6) is 0.753. The quantitative estimate of drug-likeness (QED) is 0.816. The van der Waals surface area contributed by atoms with Gasteiger partial charge in [-0.25, -0.2) is 0 Å². The van der Waals surface area contributed by atoms with E-state index in [2.05, 4.69) is 66.2 Å². The van der Waals surface area contributed by atoms with Gasteiger partial charge < -0.3 is 5.32 Å². The van der Waals surface area contributed by atoms with Crippen molar-refractivity contribution in [1.82, 2.24) is 15.1 Å². The summed E-state index contributed by atoms with van der Waals surface area (Å²) in [7, 11) is 0. The van der Waals surface area contributed by atoms with Crippen LogP contribution in [0.3, 0.4) is 0 Å². The first kappa shape index (κ1) is 17.2. The highest BCUT2D eigenvalue weighted by Gasteiger charge is 2.25. The molecule has 3 nitrogen and oxygen atoms in total. The van der Waals surface area contributed by atoms with Crippen LogP contribution in [0.2, 0.25) is 0 Å². The molecular formula is C21H31N3. The van der Waals surface area contributed by atoms with Crippen molar-refractivity contribution in [2.75, 3.05) is 0 Å². The lowest BCUT2D eigenvalue weighted by Crippen LogP contribution is -2.29. The zero-order valence-electron chi connectivity index (χ0n) is 15.4. The predicted octanol–water partition coefficient (Wildman–Crippen LogP) is 4.93. The Kier molecular flexibility index (Phi) is 5.72. The Hall–Kier alpha value is -1.61. The molecule has 0 radical (unpaired) electrons. The third kappa shape index (κ3) is 3.72. The van der Waals surface area contributed by atoms with Gasteiger partial charge in [0.25, 0.3) is 0 Å². The summed E-state index contributed by atoms with van der Waals surface area (Å²) >= 11 is 0. The molecule has 0 aliphatic heterocycles. The molecule has 0 spiro atoms. The number of aryl methyl sites for hydroxylation is 2. The maximum atomic E-state index is 4.67. The van der Waals surface area contributed by atoms with E-state index in [4.69, 9.17) is 0 Å². The van der Waals surface area contributed by atoms with Gasteiger partial charge in [0.2, 0.25) is 0 Å². The summed E-state index contributed by atoms with van der Waals surface area (Å²) in [5.41, 5.74) is 5.27. The molecule has 1 heterocycles. The third-order valence-electron chi connectivity index (χ3n) is 5.61. The fourth-order valence-corrected chi connectivity index (χ4v) is 4.19. The zero-order chi connectivity index (χ0) is 16.9. The molecular weight excluding hydrogens is 294 g/mol. The lowest BCUT2D eigenvalue weighted by atomic mass is 9.81. The number of nitrogens with zero attached hydrogens (tertiary/aromatic N) is 2. The normalized spacial score (nSPS) is 17.1. The van der Waals surface area contributed by atoms with E-state index < -0.39 is 0 Å². The number of aromatic nitrogens is 2. The van der Waals surface area contributed by atoms with Crippen LogP contribution >= 0.6 is 0 Å². The van der Waals surface area contributed by atoms with Crippen molar-refractivity contribution in [2.45, 2.75) is 72.0 Å². The van der Waals surface area contributed by atoms with E-state index in [1.807, 2.05) is 0 Å². The minimum Gasteiger partial charge on any atom is -0.305 e. The van der Waals surface area contributed by atoms with Crippen molar-refractivity contribution in [1.29, 1.82) is 0 Å². The molecule has 3 heteroatoms. The molecule has 1 aliphatic carbocycles. The fraction of sp³-hybridized carbons (Fsp3) is 0.571. The van der Waals surface area contributed by atoms with Crippen molar-refractivity contribution < 1.29 is 0 Å². The maximum absolute atomic E-state index is 4.67. The number of nitrogens with one attached hydrogen (secondary N) is 1. The van der Waals surface area contributed by atoms with Gasteiger partial charge in [-0.05, 0) is 45.1 Å². The second-order valence-corrected chi connectivity index (χ2v) is 7.13. The molecule has 1 aromatic heterocycles. The Morgan fingerprint density at radius 3 is 2.46 bits per heavy atom. The van der Waals surface area contributed by atoms with Gasteiger partial charge in [-0.2, -0.15) is 5.10 Å². The Balaban J connectivity index is 1.78. The van der Waals surface area contributed by atoms with Crippen LogP contribution in [0.4, 0.5) is 0 Å². The monoisotopic (exact) mass is 325 g/mol. The van der Waals surface area contributed by atoms with E-state index in [1.54, 1.807) is 0 Å². The van der Waals surface area contributed by atoms with Crippen molar-refractivity contribution in [3.05, 3.63) is 52.8 Å². The highest BCUT2D eigenvalue weighted by molar-refractivity contribution is 5.25. The third-order valence-corrected chi connectivity index (χ3v) is 5.61. The van der Waals surface area contributed by atoms with E-state index in [0.717, 1.165) is 24.7 Å². The first-order valence-corrected chi connectivity index (χ1v) is 9.52. The Bertz CT molecular complexity index is 639. The minimum absolute atomic E-state index is 0.454. The zero-order valence-corrected chi connectivity index (χ0v) is 15.4. The number of hydrogen-bond acceptors (Lipinski definition) is 2. The molecule has 0 unspecified atom stereocenters. The highest BCUT2D eigenvalue weighted by Crippen LogP contribution is 2.34. The van der Waals surface area contributed by atoms with Gasteiger partial charge in [-0.1, -0.05) is 49.6 Å². The molecule has 1 aromatic carbocycles. The van der Waals surface area contributed by atoms with E-state index >= 15 is 0 Å². The van der Waals surface area contributed by atoms with Gasteiger partial charge in [0.05, 0.1) is 5.69 Å². The van der Waals surface area contributed by atoms with Crippen molar-refractivity contribution in [3.8, 4) is 0 Å². The van der Waals surface area contributed by atoms with Gasteiger partial charge in [-0.15, -0.1) is 0 Å². The van der Waals surface area contributed by atoms with Crippen LogP contribution in [0.5, 0.6) is 0 Å². The summed E-state index contributed by atoms with van der Waals surface area (Å²) in [6, 6.07) is 11.5. The Morgan fingerprint density at radius 1 is 1.12 bits per heavy atom. The first-order chi connectivity index (χ1) is 11.7. The Labute approximate surface area is 146 Å². The molecule has 1 fully saturated rings. The minimum atomic E-state index is 0.454. The molecule has 24 heavy (non-hydrogen) atoms. The number of hydrogen-bond donors (Lipinski definition) is 1. The maximum Gasteiger partial charge on any atom is 0.0641 e. The Morgan fingerprint density at radius 2 is 1.83 bits per heavy atom. The highest BCUT2D eigenvalue weighted by atomic mass is 15.3. The summed E-state index contributed by atoms with van der Waals surface area (Å²) in [6.07, 6.45) is 6.85. The molecule has 1 aliphatic rings.